The van der Waals surface area contributed by atoms with Crippen LogP contribution in [0.5, 0.6) is 0 Å². The molecule has 0 fully saturated rings. The predicted octanol–water partition coefficient (Wildman–Crippen LogP) is 6.54. The van der Waals surface area contributed by atoms with Gasteiger partial charge in [0.1, 0.15) is 0 Å². The lowest BCUT2D eigenvalue weighted by molar-refractivity contribution is 0.590. The smallest absolute Gasteiger partial charge is 0.262 e. The molecule has 0 amide bonds. The van der Waals surface area contributed by atoms with Crippen molar-refractivity contribution in [1.29, 1.82) is 0 Å². The number of benzene rings is 4. The monoisotopic (exact) mass is 441 g/mol. The minimum Gasteiger partial charge on any atom is -0.262 e. The van der Waals surface area contributed by atoms with Crippen molar-refractivity contribution in [3.05, 3.63) is 107 Å². The van der Waals surface area contributed by atoms with E-state index in [2.05, 4.69) is 0 Å². The third-order valence-electron chi connectivity index (χ3n) is 4.66. The van der Waals surface area contributed by atoms with Gasteiger partial charge in [-0.2, -0.15) is 0 Å². The minimum absolute atomic E-state index is 0.0940. The Kier molecular flexibility index (Phi) is 5.50. The number of fused-ring (bicyclic) bond motifs is 1. The molecular formula is C23H17Cl2NO2S. The number of nitrogens with zero attached hydrogens (tertiary/aromatic N) is 1. The van der Waals surface area contributed by atoms with E-state index in [-0.39, 0.29) is 16.5 Å². The highest BCUT2D eigenvalue weighted by atomic mass is 35.5. The molecule has 0 spiro atoms. The summed E-state index contributed by atoms with van der Waals surface area (Å²) in [6, 6.07) is 27.3. The van der Waals surface area contributed by atoms with Crippen molar-refractivity contribution in [1.82, 2.24) is 0 Å². The summed E-state index contributed by atoms with van der Waals surface area (Å²) in [4.78, 5) is 0.0940. The van der Waals surface area contributed by atoms with E-state index in [1.54, 1.807) is 12.1 Å². The van der Waals surface area contributed by atoms with Gasteiger partial charge >= 0.3 is 0 Å². The summed E-state index contributed by atoms with van der Waals surface area (Å²) in [6.07, 6.45) is 0. The van der Waals surface area contributed by atoms with E-state index in [9.17, 15) is 8.42 Å². The van der Waals surface area contributed by atoms with Crippen LogP contribution in [0.3, 0.4) is 0 Å². The zero-order chi connectivity index (χ0) is 20.4. The normalized spacial score (nSPS) is 11.5. The maximum absolute atomic E-state index is 13.5. The third kappa shape index (κ3) is 4.10. The molecule has 4 aromatic carbocycles. The van der Waals surface area contributed by atoms with Gasteiger partial charge in [-0.15, -0.1) is 0 Å². The molecule has 0 unspecified atom stereocenters. The molecular weight excluding hydrogens is 425 g/mol. The van der Waals surface area contributed by atoms with Crippen LogP contribution >= 0.6 is 23.2 Å². The van der Waals surface area contributed by atoms with Gasteiger partial charge in [-0.05, 0) is 52.7 Å². The zero-order valence-electron chi connectivity index (χ0n) is 15.3. The summed E-state index contributed by atoms with van der Waals surface area (Å²) in [6.45, 7) is 0.192. The molecule has 3 nitrogen and oxygen atoms in total. The van der Waals surface area contributed by atoms with E-state index in [1.165, 1.54) is 22.5 Å². The molecule has 6 heteroatoms. The molecule has 4 rings (SSSR count). The highest BCUT2D eigenvalue weighted by Gasteiger charge is 2.26. The predicted molar refractivity (Wildman–Crippen MR) is 120 cm³/mol. The fourth-order valence-electron chi connectivity index (χ4n) is 3.18. The lowest BCUT2D eigenvalue weighted by atomic mass is 10.1. The standard InChI is InChI=1S/C23H17Cl2NO2S/c24-22-13-12-21(15-23(22)25)29(27,28)26(20-8-2-1-3-9-20)16-17-10-11-18-6-4-5-7-19(18)14-17/h1-15H,16H2. The van der Waals surface area contributed by atoms with Crippen LogP contribution in [0.15, 0.2) is 95.9 Å². The second-order valence-electron chi connectivity index (χ2n) is 6.60. The molecule has 0 saturated heterocycles. The van der Waals surface area contributed by atoms with E-state index < -0.39 is 10.0 Å². The summed E-state index contributed by atoms with van der Waals surface area (Å²) >= 11 is 12.1. The SMILES string of the molecule is O=S(=O)(c1ccc(Cl)c(Cl)c1)N(Cc1ccc2ccccc2c1)c1ccccc1. The Labute approximate surface area is 180 Å². The lowest BCUT2D eigenvalue weighted by Crippen LogP contribution is -2.30. The Hall–Kier alpha value is -2.53. The van der Waals surface area contributed by atoms with Crippen LogP contribution in [-0.4, -0.2) is 8.42 Å². The topological polar surface area (TPSA) is 37.4 Å². The molecule has 29 heavy (non-hydrogen) atoms. The van der Waals surface area contributed by atoms with Gasteiger partial charge in [-0.1, -0.05) is 77.8 Å². The van der Waals surface area contributed by atoms with Crippen molar-refractivity contribution in [3.8, 4) is 0 Å². The molecule has 0 bridgehead atoms. The van der Waals surface area contributed by atoms with Crippen molar-refractivity contribution in [2.75, 3.05) is 4.31 Å². The van der Waals surface area contributed by atoms with Crippen molar-refractivity contribution in [2.24, 2.45) is 0 Å². The molecule has 0 aliphatic carbocycles. The Morgan fingerprint density at radius 2 is 1.38 bits per heavy atom. The number of hydrogen-bond donors (Lipinski definition) is 0. The molecule has 0 saturated carbocycles. The molecule has 0 atom stereocenters. The van der Waals surface area contributed by atoms with Crippen molar-refractivity contribution < 1.29 is 8.42 Å². The molecule has 4 aromatic rings. The van der Waals surface area contributed by atoms with Crippen LogP contribution in [0, 0.1) is 0 Å². The fraction of sp³-hybridized carbons (Fsp3) is 0.0435. The summed E-state index contributed by atoms with van der Waals surface area (Å²) in [5.41, 5.74) is 1.46. The number of anilines is 1. The molecule has 0 aliphatic rings. The highest BCUT2D eigenvalue weighted by Crippen LogP contribution is 2.30. The van der Waals surface area contributed by atoms with Crippen LogP contribution < -0.4 is 4.31 Å². The van der Waals surface area contributed by atoms with Gasteiger partial charge in [0, 0.05) is 0 Å². The quantitative estimate of drug-likeness (QED) is 0.352. The van der Waals surface area contributed by atoms with Crippen LogP contribution in [0.4, 0.5) is 5.69 Å². The van der Waals surface area contributed by atoms with Crippen LogP contribution in [0.2, 0.25) is 10.0 Å². The number of hydrogen-bond acceptors (Lipinski definition) is 2. The summed E-state index contributed by atoms with van der Waals surface area (Å²) in [5.74, 6) is 0. The second-order valence-corrected chi connectivity index (χ2v) is 9.28. The number of sulfonamides is 1. The Bertz CT molecular complexity index is 1270. The van der Waals surface area contributed by atoms with E-state index in [0.717, 1.165) is 16.3 Å². The van der Waals surface area contributed by atoms with Crippen molar-refractivity contribution in [2.45, 2.75) is 11.4 Å². The van der Waals surface area contributed by atoms with Crippen molar-refractivity contribution >= 4 is 49.7 Å². The molecule has 0 aromatic heterocycles. The van der Waals surface area contributed by atoms with Gasteiger partial charge in [0.2, 0.25) is 0 Å². The highest BCUT2D eigenvalue weighted by molar-refractivity contribution is 7.92. The maximum Gasteiger partial charge on any atom is 0.264 e. The first-order valence-corrected chi connectivity index (χ1v) is 11.2. The number of para-hydroxylation sites is 1. The first kappa shape index (κ1) is 19.8. The third-order valence-corrected chi connectivity index (χ3v) is 7.17. The lowest BCUT2D eigenvalue weighted by Gasteiger charge is -2.25. The molecule has 0 aliphatic heterocycles. The van der Waals surface area contributed by atoms with Gasteiger partial charge in [0.05, 0.1) is 27.2 Å². The van der Waals surface area contributed by atoms with E-state index in [0.29, 0.717) is 10.7 Å². The average molecular weight is 442 g/mol. The summed E-state index contributed by atoms with van der Waals surface area (Å²) in [7, 11) is -3.85. The Morgan fingerprint density at radius 1 is 0.690 bits per heavy atom. The fourth-order valence-corrected chi connectivity index (χ4v) is 5.02. The molecule has 0 heterocycles. The van der Waals surface area contributed by atoms with Crippen LogP contribution in [0.25, 0.3) is 10.8 Å². The van der Waals surface area contributed by atoms with Gasteiger partial charge in [-0.3, -0.25) is 4.31 Å². The van der Waals surface area contributed by atoms with Gasteiger partial charge in [0.15, 0.2) is 0 Å². The maximum atomic E-state index is 13.5. The largest absolute Gasteiger partial charge is 0.264 e. The summed E-state index contributed by atoms with van der Waals surface area (Å²) in [5, 5.41) is 2.68. The first-order chi connectivity index (χ1) is 13.9. The van der Waals surface area contributed by atoms with Gasteiger partial charge < -0.3 is 0 Å². The van der Waals surface area contributed by atoms with Gasteiger partial charge in [-0.25, -0.2) is 8.42 Å². The van der Waals surface area contributed by atoms with Crippen molar-refractivity contribution in [3.63, 3.8) is 0 Å². The number of rotatable bonds is 5. The van der Waals surface area contributed by atoms with E-state index in [4.69, 9.17) is 23.2 Å². The summed E-state index contributed by atoms with van der Waals surface area (Å²) < 4.78 is 28.4. The Morgan fingerprint density at radius 3 is 2.10 bits per heavy atom. The second kappa shape index (κ2) is 8.07. The zero-order valence-corrected chi connectivity index (χ0v) is 17.6. The molecule has 0 radical (unpaired) electrons. The van der Waals surface area contributed by atoms with E-state index >= 15 is 0 Å². The van der Waals surface area contributed by atoms with Crippen LogP contribution in [0.1, 0.15) is 5.56 Å². The average Bonchev–Trinajstić information content (AvgIpc) is 2.74. The van der Waals surface area contributed by atoms with E-state index in [1.807, 2.05) is 60.7 Å². The number of halogens is 2. The molecule has 146 valence electrons. The van der Waals surface area contributed by atoms with Gasteiger partial charge in [0.25, 0.3) is 10.0 Å². The molecule has 0 N–H and O–H groups in total. The van der Waals surface area contributed by atoms with Crippen LogP contribution in [-0.2, 0) is 16.6 Å². The first-order valence-electron chi connectivity index (χ1n) is 8.96. The Balaban J connectivity index is 1.80. The minimum atomic E-state index is -3.85.